The minimum absolute atomic E-state index is 0.0263. The Morgan fingerprint density at radius 3 is 2.60 bits per heavy atom. The van der Waals surface area contributed by atoms with Crippen LogP contribution in [0.4, 0.5) is 5.69 Å². The van der Waals surface area contributed by atoms with Gasteiger partial charge in [-0.25, -0.2) is 0 Å². The van der Waals surface area contributed by atoms with Crippen molar-refractivity contribution in [2.45, 2.75) is 52.0 Å². The maximum atomic E-state index is 12.4. The second-order valence-electron chi connectivity index (χ2n) is 5.79. The van der Waals surface area contributed by atoms with Gasteiger partial charge in [0.1, 0.15) is 0 Å². The van der Waals surface area contributed by atoms with E-state index in [-0.39, 0.29) is 5.91 Å². The fourth-order valence-corrected chi connectivity index (χ4v) is 2.95. The van der Waals surface area contributed by atoms with Crippen LogP contribution in [0.5, 0.6) is 0 Å². The highest BCUT2D eigenvalue weighted by Gasteiger charge is 2.22. The number of aryl methyl sites for hydroxylation is 1. The number of anilines is 1. The van der Waals surface area contributed by atoms with Gasteiger partial charge in [-0.1, -0.05) is 25.0 Å². The Kier molecular flexibility index (Phi) is 5.01. The second-order valence-corrected chi connectivity index (χ2v) is 5.79. The third-order valence-corrected chi connectivity index (χ3v) is 4.33. The molecule has 0 saturated heterocycles. The highest BCUT2D eigenvalue weighted by atomic mass is 16.1. The molecule has 1 amide bonds. The first-order valence-electron chi connectivity index (χ1n) is 7.52. The molecule has 0 atom stereocenters. The number of hydrogen-bond acceptors (Lipinski definition) is 3. The number of nitrogens with one attached hydrogen (secondary N) is 2. The van der Waals surface area contributed by atoms with E-state index in [0.717, 1.165) is 24.3 Å². The average Bonchev–Trinajstić information content (AvgIpc) is 2.48. The summed E-state index contributed by atoms with van der Waals surface area (Å²) < 4.78 is 0. The van der Waals surface area contributed by atoms with Crippen LogP contribution in [0.2, 0.25) is 0 Å². The van der Waals surface area contributed by atoms with Crippen molar-refractivity contribution >= 4 is 11.6 Å². The first-order valence-corrected chi connectivity index (χ1v) is 7.52. The summed E-state index contributed by atoms with van der Waals surface area (Å²) >= 11 is 0. The molecule has 4 nitrogen and oxygen atoms in total. The van der Waals surface area contributed by atoms with Crippen LogP contribution in [0.15, 0.2) is 18.2 Å². The number of carbonyl (C=O) groups excluding carboxylic acids is 1. The highest BCUT2D eigenvalue weighted by molar-refractivity contribution is 5.99. The molecule has 110 valence electrons. The van der Waals surface area contributed by atoms with E-state index in [1.54, 1.807) is 0 Å². The summed E-state index contributed by atoms with van der Waals surface area (Å²) in [5.74, 6) is 6.29. The number of nitrogen functional groups attached to an aromatic ring is 1. The van der Waals surface area contributed by atoms with Gasteiger partial charge in [-0.15, -0.1) is 0 Å². The fourth-order valence-electron chi connectivity index (χ4n) is 2.95. The summed E-state index contributed by atoms with van der Waals surface area (Å²) in [5.41, 5.74) is 4.96. The second kappa shape index (κ2) is 6.75. The van der Waals surface area contributed by atoms with Crippen molar-refractivity contribution < 1.29 is 4.79 Å². The molecule has 1 aliphatic rings. The van der Waals surface area contributed by atoms with E-state index in [1.807, 2.05) is 25.1 Å². The predicted molar refractivity (Wildman–Crippen MR) is 82.5 cm³/mol. The zero-order valence-electron chi connectivity index (χ0n) is 12.4. The average molecular weight is 275 g/mol. The van der Waals surface area contributed by atoms with Crippen molar-refractivity contribution in [2.24, 2.45) is 11.8 Å². The number of benzene rings is 1. The summed E-state index contributed by atoms with van der Waals surface area (Å²) in [6, 6.07) is 5.97. The quantitative estimate of drug-likeness (QED) is 0.584. The van der Waals surface area contributed by atoms with Crippen molar-refractivity contribution in [3.63, 3.8) is 0 Å². The Morgan fingerprint density at radius 2 is 2.00 bits per heavy atom. The molecule has 2 rings (SSSR count). The Labute approximate surface area is 121 Å². The van der Waals surface area contributed by atoms with Crippen LogP contribution in [0, 0.1) is 12.8 Å². The van der Waals surface area contributed by atoms with Gasteiger partial charge in [0.05, 0.1) is 11.3 Å². The van der Waals surface area contributed by atoms with Crippen LogP contribution in [0.25, 0.3) is 0 Å². The van der Waals surface area contributed by atoms with Crippen LogP contribution >= 0.6 is 0 Å². The van der Waals surface area contributed by atoms with Gasteiger partial charge in [0.25, 0.3) is 5.91 Å². The van der Waals surface area contributed by atoms with E-state index in [2.05, 4.69) is 17.7 Å². The smallest absolute Gasteiger partial charge is 0.253 e. The highest BCUT2D eigenvalue weighted by Crippen LogP contribution is 2.27. The molecule has 20 heavy (non-hydrogen) atoms. The number of rotatable bonds is 4. The number of amides is 1. The molecule has 1 aliphatic carbocycles. The van der Waals surface area contributed by atoms with Gasteiger partial charge in [-0.05, 0) is 50.7 Å². The van der Waals surface area contributed by atoms with Gasteiger partial charge in [-0.3, -0.25) is 10.6 Å². The molecule has 0 bridgehead atoms. The molecule has 1 aromatic rings. The van der Waals surface area contributed by atoms with Gasteiger partial charge in [-0.2, -0.15) is 0 Å². The van der Waals surface area contributed by atoms with Gasteiger partial charge < -0.3 is 10.7 Å². The lowest BCUT2D eigenvalue weighted by Crippen LogP contribution is -2.38. The van der Waals surface area contributed by atoms with Crippen LogP contribution in [-0.2, 0) is 0 Å². The summed E-state index contributed by atoms with van der Waals surface area (Å²) in [7, 11) is 0. The third kappa shape index (κ3) is 3.51. The monoisotopic (exact) mass is 275 g/mol. The van der Waals surface area contributed by atoms with Crippen molar-refractivity contribution in [1.29, 1.82) is 0 Å². The molecule has 1 fully saturated rings. The molecule has 0 aromatic heterocycles. The molecule has 1 aromatic carbocycles. The molecular formula is C16H25N3O. The van der Waals surface area contributed by atoms with E-state index in [4.69, 9.17) is 5.84 Å². The first kappa shape index (κ1) is 14.9. The van der Waals surface area contributed by atoms with Gasteiger partial charge in [0, 0.05) is 6.04 Å². The van der Waals surface area contributed by atoms with Gasteiger partial charge in [0.15, 0.2) is 0 Å². The van der Waals surface area contributed by atoms with Crippen LogP contribution in [0.1, 0.15) is 54.9 Å². The molecule has 0 heterocycles. The minimum atomic E-state index is -0.0263. The largest absolute Gasteiger partial charge is 0.349 e. The zero-order valence-corrected chi connectivity index (χ0v) is 12.4. The van der Waals surface area contributed by atoms with Crippen LogP contribution < -0.4 is 16.6 Å². The predicted octanol–water partition coefficient (Wildman–Crippen LogP) is 2.98. The van der Waals surface area contributed by atoms with E-state index in [9.17, 15) is 4.79 Å². The number of hydrazine groups is 1. The van der Waals surface area contributed by atoms with E-state index in [1.165, 1.54) is 19.3 Å². The zero-order chi connectivity index (χ0) is 14.5. The van der Waals surface area contributed by atoms with E-state index in [0.29, 0.717) is 17.3 Å². The summed E-state index contributed by atoms with van der Waals surface area (Å²) in [5, 5.41) is 3.15. The lowest BCUT2D eigenvalue weighted by Gasteiger charge is -2.28. The number of hydrogen-bond donors (Lipinski definition) is 3. The van der Waals surface area contributed by atoms with Gasteiger partial charge in [0.2, 0.25) is 0 Å². The van der Waals surface area contributed by atoms with Crippen molar-refractivity contribution in [3.8, 4) is 0 Å². The van der Waals surface area contributed by atoms with Crippen LogP contribution in [-0.4, -0.2) is 11.9 Å². The Balaban J connectivity index is 2.00. The van der Waals surface area contributed by atoms with Crippen molar-refractivity contribution in [1.82, 2.24) is 5.32 Å². The standard InChI is InChI=1S/C16H25N3O/c1-3-12-5-7-13(8-6-12)18-16(20)14-10-11(2)4-9-15(14)19-17/h4,9-10,12-13,19H,3,5-8,17H2,1-2H3,(H,18,20). The molecule has 0 unspecified atom stereocenters. The molecule has 0 spiro atoms. The lowest BCUT2D eigenvalue weighted by molar-refractivity contribution is 0.0922. The maximum absolute atomic E-state index is 12.4. The molecule has 4 heteroatoms. The Bertz CT molecular complexity index is 465. The normalized spacial score (nSPS) is 22.4. The maximum Gasteiger partial charge on any atom is 0.253 e. The topological polar surface area (TPSA) is 67.2 Å². The summed E-state index contributed by atoms with van der Waals surface area (Å²) in [6.07, 6.45) is 5.86. The van der Waals surface area contributed by atoms with E-state index >= 15 is 0 Å². The van der Waals surface area contributed by atoms with Crippen LogP contribution in [0.3, 0.4) is 0 Å². The van der Waals surface area contributed by atoms with Crippen molar-refractivity contribution in [3.05, 3.63) is 29.3 Å². The Hall–Kier alpha value is -1.55. The summed E-state index contributed by atoms with van der Waals surface area (Å²) in [6.45, 7) is 4.22. The summed E-state index contributed by atoms with van der Waals surface area (Å²) in [4.78, 5) is 12.4. The molecule has 0 radical (unpaired) electrons. The van der Waals surface area contributed by atoms with Gasteiger partial charge >= 0.3 is 0 Å². The molecule has 4 N–H and O–H groups in total. The first-order chi connectivity index (χ1) is 9.63. The molecular weight excluding hydrogens is 250 g/mol. The van der Waals surface area contributed by atoms with E-state index < -0.39 is 0 Å². The SMILES string of the molecule is CCC1CCC(NC(=O)c2cc(C)ccc2NN)CC1. The molecule has 0 aliphatic heterocycles. The third-order valence-electron chi connectivity index (χ3n) is 4.33. The number of nitrogens with two attached hydrogens (primary N) is 1. The minimum Gasteiger partial charge on any atom is -0.349 e. The lowest BCUT2D eigenvalue weighted by atomic mass is 9.84. The van der Waals surface area contributed by atoms with Crippen molar-refractivity contribution in [2.75, 3.05) is 5.43 Å². The Morgan fingerprint density at radius 1 is 1.30 bits per heavy atom. The number of carbonyl (C=O) groups is 1. The fraction of sp³-hybridized carbons (Fsp3) is 0.562. The molecule has 1 saturated carbocycles.